The molecule has 0 radical (unpaired) electrons. The van der Waals surface area contributed by atoms with Crippen LogP contribution in [0, 0.1) is 0 Å². The molecule has 0 spiro atoms. The van der Waals surface area contributed by atoms with Gasteiger partial charge in [-0.1, -0.05) is 18.7 Å². The standard InChI is InChI=1S/C7H11N/c1-4-5-6-7(2)8-3/h4-6H,1H2,2-3H3/b6-5-,8-7?. The van der Waals surface area contributed by atoms with Crippen LogP contribution in [0.25, 0.3) is 0 Å². The molecule has 0 heterocycles. The first-order valence-corrected chi connectivity index (χ1v) is 2.53. The second kappa shape index (κ2) is 4.31. The van der Waals surface area contributed by atoms with E-state index in [1.165, 1.54) is 0 Å². The molecule has 0 aromatic carbocycles. The van der Waals surface area contributed by atoms with Crippen molar-refractivity contribution in [1.82, 2.24) is 0 Å². The maximum Gasteiger partial charge on any atom is 0.0313 e. The maximum atomic E-state index is 3.91. The summed E-state index contributed by atoms with van der Waals surface area (Å²) in [6.45, 7) is 5.47. The van der Waals surface area contributed by atoms with E-state index in [4.69, 9.17) is 0 Å². The van der Waals surface area contributed by atoms with Gasteiger partial charge in [-0.25, -0.2) is 0 Å². The summed E-state index contributed by atoms with van der Waals surface area (Å²) in [5.74, 6) is 0. The Bertz CT molecular complexity index is 120. The van der Waals surface area contributed by atoms with Crippen molar-refractivity contribution in [3.8, 4) is 0 Å². The second-order valence-corrected chi connectivity index (χ2v) is 1.46. The molecule has 0 atom stereocenters. The number of nitrogens with zero attached hydrogens (tertiary/aromatic N) is 1. The van der Waals surface area contributed by atoms with Crippen LogP contribution >= 0.6 is 0 Å². The monoisotopic (exact) mass is 109 g/mol. The molecular formula is C7H11N. The van der Waals surface area contributed by atoms with Crippen molar-refractivity contribution in [2.24, 2.45) is 4.99 Å². The van der Waals surface area contributed by atoms with Crippen molar-refractivity contribution in [2.45, 2.75) is 6.92 Å². The van der Waals surface area contributed by atoms with Crippen LogP contribution in [-0.2, 0) is 0 Å². The van der Waals surface area contributed by atoms with Crippen LogP contribution < -0.4 is 0 Å². The summed E-state index contributed by atoms with van der Waals surface area (Å²) in [6, 6.07) is 0. The third-order valence-electron chi connectivity index (χ3n) is 0.826. The van der Waals surface area contributed by atoms with Gasteiger partial charge >= 0.3 is 0 Å². The van der Waals surface area contributed by atoms with Gasteiger partial charge in [0, 0.05) is 12.8 Å². The lowest BCUT2D eigenvalue weighted by Gasteiger charge is -1.81. The molecule has 0 aliphatic carbocycles. The van der Waals surface area contributed by atoms with Crippen LogP contribution in [0.1, 0.15) is 6.92 Å². The molecule has 0 aliphatic heterocycles. The molecule has 0 amide bonds. The van der Waals surface area contributed by atoms with Gasteiger partial charge in [-0.05, 0) is 13.0 Å². The van der Waals surface area contributed by atoms with E-state index in [-0.39, 0.29) is 0 Å². The second-order valence-electron chi connectivity index (χ2n) is 1.46. The highest BCUT2D eigenvalue weighted by Crippen LogP contribution is 1.78. The minimum Gasteiger partial charge on any atom is -0.293 e. The van der Waals surface area contributed by atoms with Gasteiger partial charge in [-0.15, -0.1) is 0 Å². The molecular weight excluding hydrogens is 98.1 g/mol. The highest BCUT2D eigenvalue weighted by molar-refractivity contribution is 5.92. The highest BCUT2D eigenvalue weighted by atomic mass is 14.7. The summed E-state index contributed by atoms with van der Waals surface area (Å²) < 4.78 is 0. The summed E-state index contributed by atoms with van der Waals surface area (Å²) in [5, 5.41) is 0. The van der Waals surface area contributed by atoms with E-state index >= 15 is 0 Å². The van der Waals surface area contributed by atoms with Crippen molar-refractivity contribution in [1.29, 1.82) is 0 Å². The highest BCUT2D eigenvalue weighted by Gasteiger charge is 1.72. The van der Waals surface area contributed by atoms with Crippen molar-refractivity contribution in [3.05, 3.63) is 24.8 Å². The summed E-state index contributed by atoms with van der Waals surface area (Å²) in [6.07, 6.45) is 5.50. The molecule has 0 aliphatic rings. The van der Waals surface area contributed by atoms with Crippen molar-refractivity contribution < 1.29 is 0 Å². The van der Waals surface area contributed by atoms with E-state index in [2.05, 4.69) is 11.6 Å². The summed E-state index contributed by atoms with van der Waals surface area (Å²) in [7, 11) is 1.77. The van der Waals surface area contributed by atoms with Gasteiger partial charge in [0.1, 0.15) is 0 Å². The zero-order valence-electron chi connectivity index (χ0n) is 5.39. The lowest BCUT2D eigenvalue weighted by atomic mass is 10.4. The molecule has 0 aromatic heterocycles. The molecule has 0 rings (SSSR count). The molecule has 0 saturated heterocycles. The number of hydrogen-bond donors (Lipinski definition) is 0. The van der Waals surface area contributed by atoms with Gasteiger partial charge in [0.15, 0.2) is 0 Å². The lowest BCUT2D eigenvalue weighted by Crippen LogP contribution is -1.79. The Hall–Kier alpha value is -0.850. The molecule has 1 nitrogen and oxygen atoms in total. The van der Waals surface area contributed by atoms with Crippen molar-refractivity contribution in [3.63, 3.8) is 0 Å². The molecule has 0 aromatic rings. The average Bonchev–Trinajstić information content (AvgIpc) is 1.83. The first-order valence-electron chi connectivity index (χ1n) is 2.53. The van der Waals surface area contributed by atoms with E-state index in [1.54, 1.807) is 13.1 Å². The van der Waals surface area contributed by atoms with Gasteiger partial charge in [0.2, 0.25) is 0 Å². The van der Waals surface area contributed by atoms with Crippen LogP contribution in [0.4, 0.5) is 0 Å². The Morgan fingerprint density at radius 1 is 1.62 bits per heavy atom. The molecule has 0 N–H and O–H groups in total. The van der Waals surface area contributed by atoms with Gasteiger partial charge in [-0.3, -0.25) is 4.99 Å². The Balaban J connectivity index is 3.69. The number of aliphatic imine (C=N–C) groups is 1. The van der Waals surface area contributed by atoms with Gasteiger partial charge in [0.25, 0.3) is 0 Å². The minimum atomic E-state index is 1.02. The van der Waals surface area contributed by atoms with Crippen LogP contribution in [0.15, 0.2) is 29.8 Å². The zero-order chi connectivity index (χ0) is 6.41. The van der Waals surface area contributed by atoms with Gasteiger partial charge in [-0.2, -0.15) is 0 Å². The third kappa shape index (κ3) is 3.34. The lowest BCUT2D eigenvalue weighted by molar-refractivity contribution is 1.43. The average molecular weight is 109 g/mol. The van der Waals surface area contributed by atoms with E-state index in [9.17, 15) is 0 Å². The van der Waals surface area contributed by atoms with Crippen LogP contribution in [-0.4, -0.2) is 12.8 Å². The molecule has 1 heteroatoms. The molecule has 0 saturated carbocycles. The van der Waals surface area contributed by atoms with Crippen molar-refractivity contribution >= 4 is 5.71 Å². The maximum absolute atomic E-state index is 3.91. The fourth-order valence-electron chi connectivity index (χ4n) is 0.282. The van der Waals surface area contributed by atoms with Crippen LogP contribution in [0.2, 0.25) is 0 Å². The third-order valence-corrected chi connectivity index (χ3v) is 0.826. The first kappa shape index (κ1) is 7.15. The topological polar surface area (TPSA) is 12.4 Å². The first-order chi connectivity index (χ1) is 3.81. The fraction of sp³-hybridized carbons (Fsp3) is 0.286. The smallest absolute Gasteiger partial charge is 0.0313 e. The summed E-state index contributed by atoms with van der Waals surface area (Å²) in [4.78, 5) is 3.91. The number of rotatable bonds is 2. The van der Waals surface area contributed by atoms with E-state index in [0.717, 1.165) is 5.71 Å². The van der Waals surface area contributed by atoms with Crippen molar-refractivity contribution in [2.75, 3.05) is 7.05 Å². The van der Waals surface area contributed by atoms with E-state index in [0.29, 0.717) is 0 Å². The van der Waals surface area contributed by atoms with E-state index < -0.39 is 0 Å². The Labute approximate surface area is 50.4 Å². The molecule has 0 fully saturated rings. The number of allylic oxidation sites excluding steroid dienone is 3. The van der Waals surface area contributed by atoms with Gasteiger partial charge in [0.05, 0.1) is 0 Å². The fourth-order valence-corrected chi connectivity index (χ4v) is 0.282. The van der Waals surface area contributed by atoms with E-state index in [1.807, 2.05) is 19.1 Å². The molecule has 0 bridgehead atoms. The normalized spacial score (nSPS) is 12.5. The Morgan fingerprint density at radius 2 is 2.25 bits per heavy atom. The summed E-state index contributed by atoms with van der Waals surface area (Å²) in [5.41, 5.74) is 1.02. The number of hydrogen-bond acceptors (Lipinski definition) is 1. The van der Waals surface area contributed by atoms with Crippen LogP contribution in [0.3, 0.4) is 0 Å². The molecule has 44 valence electrons. The molecule has 0 unspecified atom stereocenters. The summed E-state index contributed by atoms with van der Waals surface area (Å²) >= 11 is 0. The predicted molar refractivity (Wildman–Crippen MR) is 38.4 cm³/mol. The predicted octanol–water partition coefficient (Wildman–Crippen LogP) is 1.82. The van der Waals surface area contributed by atoms with Crippen LogP contribution in [0.5, 0.6) is 0 Å². The minimum absolute atomic E-state index is 1.02. The zero-order valence-corrected chi connectivity index (χ0v) is 5.39. The Kier molecular flexibility index (Phi) is 3.85. The SMILES string of the molecule is C=C/C=C\C(C)=NC. The quantitative estimate of drug-likeness (QED) is 0.379. The van der Waals surface area contributed by atoms with Gasteiger partial charge < -0.3 is 0 Å². The Morgan fingerprint density at radius 3 is 2.62 bits per heavy atom. The molecule has 8 heavy (non-hydrogen) atoms. The largest absolute Gasteiger partial charge is 0.293 e.